The number of thioether (sulfide) groups is 2. The second kappa shape index (κ2) is 26.5. The van der Waals surface area contributed by atoms with E-state index in [9.17, 15) is 0 Å². The predicted molar refractivity (Wildman–Crippen MR) is 389 cm³/mol. The van der Waals surface area contributed by atoms with Crippen LogP contribution in [0.25, 0.3) is 121 Å². The van der Waals surface area contributed by atoms with Crippen LogP contribution in [0.15, 0.2) is 243 Å². The van der Waals surface area contributed by atoms with Crippen LogP contribution in [0, 0.1) is 21.6 Å². The molecule has 12 aromatic heterocycles. The molecular formula is C75H50N18S4. The number of pyridine rings is 10. The molecule has 0 fully saturated rings. The molecule has 22 heteroatoms. The molecule has 97 heavy (non-hydrogen) atoms. The Morgan fingerprint density at radius 3 is 1.00 bits per heavy atom. The van der Waals surface area contributed by atoms with Crippen molar-refractivity contribution in [1.82, 2.24) is 70.2 Å². The second-order valence-corrected chi connectivity index (χ2v) is 26.6. The molecule has 0 saturated heterocycles. The Kier molecular flexibility index (Phi) is 16.8. The van der Waals surface area contributed by atoms with Crippen molar-refractivity contribution in [3.05, 3.63) is 277 Å². The highest BCUT2D eigenvalue weighted by Crippen LogP contribution is 2.51. The number of nitrogens with zero attached hydrogens (tertiary/aromatic N) is 14. The molecule has 4 N–H and O–H groups in total. The summed E-state index contributed by atoms with van der Waals surface area (Å²) in [5.41, 5.74) is 17.2. The zero-order chi connectivity index (χ0) is 66.0. The van der Waals surface area contributed by atoms with Crippen molar-refractivity contribution in [3.8, 4) is 99.2 Å². The third-order valence-electron chi connectivity index (χ3n) is 16.0. The van der Waals surface area contributed by atoms with E-state index in [0.29, 0.717) is 56.6 Å². The molecule has 15 aromatic rings. The van der Waals surface area contributed by atoms with Crippen molar-refractivity contribution in [2.75, 3.05) is 0 Å². The first-order valence-corrected chi connectivity index (χ1v) is 33.6. The highest BCUT2D eigenvalue weighted by molar-refractivity contribution is 8.27. The monoisotopic (exact) mass is 1330 g/mol. The standard InChI is InChI=1S/C39H26N8S2.C36H24N10S2/c1-39(2)27-21-23(35-44-46-37(48-35)33-13-7-11-31(42-33)29-9-3-5-19-40-29)15-17-25(27)26-18-16-24(22-28(26)39)36-45-47-38(49-36)34-14-8-12-32(43-34)30-10-4-6-20-41-30;37-33(27-11-5-9-25(43-27)23-7-1-3-19-41-23)47-35(39)29-17-15-21-13-14-22-16-18-30(46-32(22)31(21)45-29)36(40)48-34(38)28-12-6-10-26(44-28)24-8-2-4-20-42-24/h3-22H,1-2H3;1-20,37-40H. The molecule has 0 saturated carbocycles. The van der Waals surface area contributed by atoms with Gasteiger partial charge in [0.1, 0.15) is 41.6 Å². The van der Waals surface area contributed by atoms with Crippen LogP contribution in [0.3, 0.4) is 0 Å². The summed E-state index contributed by atoms with van der Waals surface area (Å²) in [6.45, 7) is 4.56. The predicted octanol–water partition coefficient (Wildman–Crippen LogP) is 17.1. The normalized spacial score (nSPS) is 11.9. The summed E-state index contributed by atoms with van der Waals surface area (Å²) in [4.78, 5) is 46.0. The molecule has 0 atom stereocenters. The number of nitrogens with one attached hydrogen (secondary N) is 4. The lowest BCUT2D eigenvalue weighted by atomic mass is 9.81. The fourth-order valence-electron chi connectivity index (χ4n) is 11.2. The van der Waals surface area contributed by atoms with E-state index in [1.807, 2.05) is 158 Å². The number of hydrogen-bond donors (Lipinski definition) is 4. The van der Waals surface area contributed by atoms with Crippen LogP contribution in [-0.2, 0) is 5.41 Å². The quantitative estimate of drug-likeness (QED) is 0.0503. The van der Waals surface area contributed by atoms with Gasteiger partial charge in [-0.05, 0) is 167 Å². The minimum atomic E-state index is -0.227. The van der Waals surface area contributed by atoms with E-state index in [2.05, 4.69) is 101 Å². The van der Waals surface area contributed by atoms with Gasteiger partial charge in [-0.3, -0.25) is 41.6 Å². The minimum Gasteiger partial charge on any atom is -0.292 e. The third kappa shape index (κ3) is 12.7. The van der Waals surface area contributed by atoms with Gasteiger partial charge in [0.05, 0.1) is 79.4 Å². The van der Waals surface area contributed by atoms with Gasteiger partial charge in [-0.1, -0.05) is 134 Å². The molecule has 16 rings (SSSR count). The summed E-state index contributed by atoms with van der Waals surface area (Å²) in [6, 6.07) is 69.8. The maximum absolute atomic E-state index is 8.78. The van der Waals surface area contributed by atoms with Gasteiger partial charge in [0.15, 0.2) is 10.0 Å². The number of hydrogen-bond acceptors (Lipinski definition) is 22. The zero-order valence-electron chi connectivity index (χ0n) is 51.5. The Hall–Kier alpha value is -11.8. The van der Waals surface area contributed by atoms with E-state index in [0.717, 1.165) is 99.6 Å². The van der Waals surface area contributed by atoms with Crippen molar-refractivity contribution >= 4 is 88.2 Å². The first-order valence-electron chi connectivity index (χ1n) is 30.4. The van der Waals surface area contributed by atoms with E-state index in [-0.39, 0.29) is 25.6 Å². The molecular weight excluding hydrogens is 1280 g/mol. The van der Waals surface area contributed by atoms with Crippen LogP contribution in [0.5, 0.6) is 0 Å². The van der Waals surface area contributed by atoms with Crippen LogP contribution >= 0.6 is 46.2 Å². The van der Waals surface area contributed by atoms with E-state index >= 15 is 0 Å². The van der Waals surface area contributed by atoms with E-state index in [4.69, 9.17) is 41.6 Å². The van der Waals surface area contributed by atoms with Gasteiger partial charge in [-0.15, -0.1) is 20.4 Å². The third-order valence-corrected chi connectivity index (χ3v) is 19.7. The molecule has 18 nitrogen and oxygen atoms in total. The van der Waals surface area contributed by atoms with Crippen LogP contribution in [-0.4, -0.2) is 90.4 Å². The molecule has 1 aliphatic carbocycles. The summed E-state index contributed by atoms with van der Waals surface area (Å²) in [5.74, 6) is 0. The van der Waals surface area contributed by atoms with Crippen molar-refractivity contribution < 1.29 is 0 Å². The fourth-order valence-corrected chi connectivity index (χ4v) is 14.1. The average Bonchev–Trinajstić information content (AvgIpc) is 1.59. The highest BCUT2D eigenvalue weighted by atomic mass is 32.2. The Bertz CT molecular complexity index is 5220. The molecule has 0 spiro atoms. The van der Waals surface area contributed by atoms with Crippen molar-refractivity contribution in [1.29, 1.82) is 21.6 Å². The first kappa shape index (κ1) is 61.4. The topological polar surface area (TPSA) is 276 Å². The molecule has 464 valence electrons. The fraction of sp³-hybridized carbons (Fsp3) is 0.0400. The Labute approximate surface area is 571 Å². The van der Waals surface area contributed by atoms with Crippen LogP contribution in [0.2, 0.25) is 0 Å². The minimum absolute atomic E-state index is 0.0947. The smallest absolute Gasteiger partial charge is 0.166 e. The lowest BCUT2D eigenvalue weighted by molar-refractivity contribution is 0.661. The number of fused-ring (bicyclic) bond motifs is 6. The molecule has 0 amide bonds. The van der Waals surface area contributed by atoms with Crippen molar-refractivity contribution in [2.45, 2.75) is 19.3 Å². The maximum Gasteiger partial charge on any atom is 0.166 e. The Morgan fingerprint density at radius 2 is 0.629 bits per heavy atom. The summed E-state index contributed by atoms with van der Waals surface area (Å²) in [5, 5.41) is 58.4. The Balaban J connectivity index is 0.000000159. The summed E-state index contributed by atoms with van der Waals surface area (Å²) >= 11 is 5.02. The molecule has 12 heterocycles. The highest BCUT2D eigenvalue weighted by Gasteiger charge is 2.36. The van der Waals surface area contributed by atoms with Crippen LogP contribution in [0.1, 0.15) is 47.8 Å². The molecule has 0 aliphatic heterocycles. The first-order chi connectivity index (χ1) is 47.4. The van der Waals surface area contributed by atoms with Crippen LogP contribution < -0.4 is 0 Å². The van der Waals surface area contributed by atoms with Crippen molar-refractivity contribution in [2.24, 2.45) is 0 Å². The van der Waals surface area contributed by atoms with Crippen LogP contribution in [0.4, 0.5) is 0 Å². The Morgan fingerprint density at radius 1 is 0.309 bits per heavy atom. The SMILES string of the molecule is CC1(C)c2cc(-c3nnc(-c4cccc(-c5ccccn5)n4)s3)ccc2-c2ccc(-c3nnc(-c4cccc(-c5ccccn5)n4)s3)cc21.N=C(SC(=N)c1ccc2ccc3ccc(C(=N)SC(=N)c4cccc(-c5ccccn5)n4)nc3c2n1)c1cccc(-c2ccccn2)n1. The van der Waals surface area contributed by atoms with Gasteiger partial charge < -0.3 is 0 Å². The largest absolute Gasteiger partial charge is 0.292 e. The van der Waals surface area contributed by atoms with Gasteiger partial charge in [0.2, 0.25) is 0 Å². The number of aromatic nitrogens is 14. The average molecular weight is 1330 g/mol. The maximum atomic E-state index is 8.78. The molecule has 0 unspecified atom stereocenters. The lowest BCUT2D eigenvalue weighted by Crippen LogP contribution is -2.15. The molecule has 1 aliphatic rings. The lowest BCUT2D eigenvalue weighted by Gasteiger charge is -2.22. The van der Waals surface area contributed by atoms with E-state index < -0.39 is 0 Å². The number of rotatable bonds is 12. The number of benzene rings is 3. The summed E-state index contributed by atoms with van der Waals surface area (Å²) in [7, 11) is 0. The van der Waals surface area contributed by atoms with E-state index in [1.165, 1.54) is 22.3 Å². The van der Waals surface area contributed by atoms with Gasteiger partial charge in [0.25, 0.3) is 0 Å². The summed E-state index contributed by atoms with van der Waals surface area (Å²) < 4.78 is 0. The van der Waals surface area contributed by atoms with Gasteiger partial charge >= 0.3 is 0 Å². The van der Waals surface area contributed by atoms with Gasteiger partial charge in [-0.2, -0.15) is 0 Å². The van der Waals surface area contributed by atoms with Gasteiger partial charge in [0, 0.05) is 52.1 Å². The summed E-state index contributed by atoms with van der Waals surface area (Å²) in [6.07, 6.45) is 6.94. The molecule has 3 aromatic carbocycles. The van der Waals surface area contributed by atoms with E-state index in [1.54, 1.807) is 71.7 Å². The molecule has 0 bridgehead atoms. The second-order valence-electron chi connectivity index (χ2n) is 22.6. The zero-order valence-corrected chi connectivity index (χ0v) is 54.8. The van der Waals surface area contributed by atoms with Crippen molar-refractivity contribution in [3.63, 3.8) is 0 Å². The molecule has 0 radical (unpaired) electrons. The van der Waals surface area contributed by atoms with Gasteiger partial charge in [-0.25, -0.2) is 29.9 Å².